The van der Waals surface area contributed by atoms with Crippen LogP contribution in [0.1, 0.15) is 16.7 Å². The Labute approximate surface area is 192 Å². The van der Waals surface area contributed by atoms with Crippen LogP contribution in [0.25, 0.3) is 0 Å². The van der Waals surface area contributed by atoms with Gasteiger partial charge in [0.25, 0.3) is 0 Å². The SMILES string of the molecule is ClS(Cc1ccccc1)(Cc1ccccc1)Cc1ccccc1.[Cl][Fe]([Cl])[I]. The summed E-state index contributed by atoms with van der Waals surface area (Å²) in [5.74, 6) is 2.83. The predicted molar refractivity (Wildman–Crippen MR) is 130 cm³/mol. The minimum absolute atomic E-state index is 0.836. The van der Waals surface area contributed by atoms with E-state index >= 15 is 0 Å². The Bertz CT molecular complexity index is 669. The molecule has 0 unspecified atom stereocenters. The molecule has 147 valence electrons. The summed E-state index contributed by atoms with van der Waals surface area (Å²) in [6, 6.07) is 31.8. The molecule has 0 aliphatic rings. The molecule has 3 aromatic rings. The number of rotatable bonds is 6. The fourth-order valence-electron chi connectivity index (χ4n) is 2.77. The first-order valence-electron chi connectivity index (χ1n) is 8.21. The van der Waals surface area contributed by atoms with Gasteiger partial charge in [-0.3, -0.25) is 0 Å². The van der Waals surface area contributed by atoms with E-state index in [1.54, 1.807) is 0 Å². The van der Waals surface area contributed by atoms with Gasteiger partial charge < -0.3 is 0 Å². The Morgan fingerprint density at radius 3 is 1.04 bits per heavy atom. The average molecular weight is 595 g/mol. The quantitative estimate of drug-likeness (QED) is 0.198. The summed E-state index contributed by atoms with van der Waals surface area (Å²) >= 11 is 1.96. The van der Waals surface area contributed by atoms with Crippen LogP contribution in [0.4, 0.5) is 0 Å². The third-order valence-electron chi connectivity index (χ3n) is 3.80. The van der Waals surface area contributed by atoms with Gasteiger partial charge >= 0.3 is 49.4 Å². The molecule has 0 radical (unpaired) electrons. The Morgan fingerprint density at radius 1 is 0.593 bits per heavy atom. The molecule has 0 N–H and O–H groups in total. The van der Waals surface area contributed by atoms with Crippen molar-refractivity contribution in [3.05, 3.63) is 108 Å². The standard InChI is InChI=1S/C21H21ClS.2ClH.Fe.HI/c22-23(16-19-10-4-1-5-11-19,17-20-12-6-2-7-13-20)18-21-14-8-3-9-15-21;;;;/h1-15H,16-18H2;2*1H;;1H/q;;;+3;/p-3. The number of hydrogen-bond acceptors (Lipinski definition) is 0. The maximum absolute atomic E-state index is 7.23. The van der Waals surface area contributed by atoms with Crippen molar-refractivity contribution in [2.45, 2.75) is 17.3 Å². The van der Waals surface area contributed by atoms with E-state index in [0.29, 0.717) is 0 Å². The van der Waals surface area contributed by atoms with Gasteiger partial charge in [-0.25, -0.2) is 0 Å². The summed E-state index contributed by atoms with van der Waals surface area (Å²) in [6.07, 6.45) is 0. The van der Waals surface area contributed by atoms with E-state index in [4.69, 9.17) is 30.9 Å². The summed E-state index contributed by atoms with van der Waals surface area (Å²) in [6.45, 7) is 0. The van der Waals surface area contributed by atoms with E-state index in [-0.39, 0.29) is 0 Å². The van der Waals surface area contributed by atoms with E-state index in [1.165, 1.54) is 16.7 Å². The zero-order valence-corrected chi connectivity index (χ0v) is 20.9. The van der Waals surface area contributed by atoms with Crippen molar-refractivity contribution in [3.63, 3.8) is 0 Å². The van der Waals surface area contributed by atoms with Gasteiger partial charge in [-0.2, -0.15) is 9.24 Å². The van der Waals surface area contributed by atoms with Crippen LogP contribution < -0.4 is 0 Å². The first-order valence-corrected chi connectivity index (χ1v) is 17.8. The van der Waals surface area contributed by atoms with Gasteiger partial charge in [-0.1, -0.05) is 102 Å². The molecule has 0 saturated heterocycles. The summed E-state index contributed by atoms with van der Waals surface area (Å²) in [7, 11) is 15.3. The van der Waals surface area contributed by atoms with Crippen LogP contribution in [-0.2, 0) is 26.1 Å². The topological polar surface area (TPSA) is 0 Å². The van der Waals surface area contributed by atoms with E-state index in [0.717, 1.165) is 17.3 Å². The van der Waals surface area contributed by atoms with Gasteiger partial charge in [-0.15, -0.1) is 0 Å². The Kier molecular flexibility index (Phi) is 11.0. The number of halogens is 4. The molecule has 0 aliphatic carbocycles. The predicted octanol–water partition coefficient (Wildman–Crippen LogP) is 8.81. The van der Waals surface area contributed by atoms with E-state index in [1.807, 2.05) is 20.3 Å². The zero-order chi connectivity index (χ0) is 19.5. The first-order chi connectivity index (χ1) is 13.0. The van der Waals surface area contributed by atoms with Crippen molar-refractivity contribution in [3.8, 4) is 0 Å². The van der Waals surface area contributed by atoms with Gasteiger partial charge in [0.1, 0.15) is 0 Å². The van der Waals surface area contributed by atoms with Crippen LogP contribution in [0.5, 0.6) is 0 Å². The van der Waals surface area contributed by atoms with Crippen molar-refractivity contribution in [2.75, 3.05) is 0 Å². The van der Waals surface area contributed by atoms with Crippen molar-refractivity contribution >= 4 is 60.5 Å². The molecule has 0 aromatic heterocycles. The van der Waals surface area contributed by atoms with Crippen LogP contribution in [0.2, 0.25) is 0 Å². The number of hydrogen-bond donors (Lipinski definition) is 0. The second-order valence-electron chi connectivity index (χ2n) is 5.98. The van der Waals surface area contributed by atoms with Crippen LogP contribution in [-0.4, -0.2) is 0 Å². The summed E-state index contributed by atoms with van der Waals surface area (Å²) in [5.41, 5.74) is 3.97. The molecule has 0 aliphatic heterocycles. The van der Waals surface area contributed by atoms with Gasteiger partial charge in [-0.05, 0) is 16.7 Å². The van der Waals surface area contributed by atoms with Crippen LogP contribution in [0.3, 0.4) is 0 Å². The molecule has 0 atom stereocenters. The molecular weight excluding hydrogens is 573 g/mol. The van der Waals surface area contributed by atoms with E-state index in [2.05, 4.69) is 91.0 Å². The van der Waals surface area contributed by atoms with Crippen molar-refractivity contribution in [1.82, 2.24) is 0 Å². The van der Waals surface area contributed by atoms with Crippen LogP contribution >= 0.6 is 60.5 Å². The van der Waals surface area contributed by atoms with Gasteiger partial charge in [0.2, 0.25) is 0 Å². The van der Waals surface area contributed by atoms with Crippen molar-refractivity contribution in [2.24, 2.45) is 0 Å². The molecule has 6 heteroatoms. The average Bonchev–Trinajstić information content (AvgIpc) is 2.63. The summed E-state index contributed by atoms with van der Waals surface area (Å²) in [4.78, 5) is 0. The molecule has 0 saturated carbocycles. The van der Waals surface area contributed by atoms with Crippen molar-refractivity contribution in [1.29, 1.82) is 0 Å². The zero-order valence-electron chi connectivity index (χ0n) is 14.6. The Hall–Kier alpha value is 0.129. The van der Waals surface area contributed by atoms with Crippen LogP contribution in [0.15, 0.2) is 91.0 Å². The van der Waals surface area contributed by atoms with Gasteiger partial charge in [0.15, 0.2) is 0 Å². The van der Waals surface area contributed by atoms with Crippen molar-refractivity contribution < 1.29 is 8.83 Å². The molecule has 0 spiro atoms. The second kappa shape index (κ2) is 12.6. The molecule has 0 amide bonds. The Balaban J connectivity index is 0.000000596. The van der Waals surface area contributed by atoms with E-state index < -0.39 is 18.1 Å². The first kappa shape index (κ1) is 23.4. The van der Waals surface area contributed by atoms with Crippen LogP contribution in [0, 0.1) is 0 Å². The molecule has 27 heavy (non-hydrogen) atoms. The minimum atomic E-state index is -1.33. The third-order valence-corrected chi connectivity index (χ3v) is 7.34. The van der Waals surface area contributed by atoms with E-state index in [9.17, 15) is 0 Å². The molecule has 0 heterocycles. The molecule has 0 bridgehead atoms. The maximum atomic E-state index is 7.23. The molecular formula is C21H21Cl3FeIS. The normalized spacial score (nSPS) is 11.9. The molecule has 3 rings (SSSR count). The fraction of sp³-hybridized carbons (Fsp3) is 0.143. The van der Waals surface area contributed by atoms with Gasteiger partial charge in [0.05, 0.1) is 0 Å². The molecule has 0 nitrogen and oxygen atoms in total. The third kappa shape index (κ3) is 9.94. The summed E-state index contributed by atoms with van der Waals surface area (Å²) < 4.78 is 0. The molecule has 0 fully saturated rings. The Morgan fingerprint density at radius 2 is 0.815 bits per heavy atom. The van der Waals surface area contributed by atoms with Gasteiger partial charge in [0, 0.05) is 17.3 Å². The molecule has 3 aromatic carbocycles. The number of benzene rings is 3. The second-order valence-corrected chi connectivity index (χ2v) is 20.8. The fourth-order valence-corrected chi connectivity index (χ4v) is 6.58. The summed E-state index contributed by atoms with van der Waals surface area (Å²) in [5, 5.41) is 0. The monoisotopic (exact) mass is 593 g/mol.